The van der Waals surface area contributed by atoms with Gasteiger partial charge in [0.05, 0.1) is 31.0 Å². The van der Waals surface area contributed by atoms with E-state index in [9.17, 15) is 8.42 Å². The zero-order valence-corrected chi connectivity index (χ0v) is 14.1. The Balaban J connectivity index is 2.58. The number of hydrogen-bond acceptors (Lipinski definition) is 5. The van der Waals surface area contributed by atoms with E-state index in [1.807, 2.05) is 19.1 Å². The van der Waals surface area contributed by atoms with Crippen molar-refractivity contribution in [1.82, 2.24) is 9.97 Å². The standard InChI is InChI=1S/C14H19ClN3O3S/c1-4-12(13-10-17-14(15)11-16-13)6-8-18(2)7-5-9-22(19,20)21-3/h4,6,8,10-11H,2,5,7,9H2,1,3H3/q+1/b8-6-,12-4+. The highest BCUT2D eigenvalue weighted by Crippen LogP contribution is 2.13. The topological polar surface area (TPSA) is 72.2 Å². The zero-order chi connectivity index (χ0) is 16.6. The summed E-state index contributed by atoms with van der Waals surface area (Å²) in [6.07, 6.45) is 8.96. The quantitative estimate of drug-likeness (QED) is 0.312. The molecule has 0 spiro atoms. The third-order valence-corrected chi connectivity index (χ3v) is 4.28. The van der Waals surface area contributed by atoms with Crippen molar-refractivity contribution in [2.45, 2.75) is 13.3 Å². The molecule has 0 unspecified atom stereocenters. The largest absolute Gasteiger partial charge is 0.273 e. The normalized spacial score (nSPS) is 12.8. The van der Waals surface area contributed by atoms with E-state index in [2.05, 4.69) is 20.9 Å². The van der Waals surface area contributed by atoms with E-state index in [0.29, 0.717) is 23.8 Å². The monoisotopic (exact) mass is 344 g/mol. The summed E-state index contributed by atoms with van der Waals surface area (Å²) in [4.78, 5) is 8.16. The van der Waals surface area contributed by atoms with E-state index in [-0.39, 0.29) is 5.75 Å². The van der Waals surface area contributed by atoms with Gasteiger partial charge >= 0.3 is 0 Å². The van der Waals surface area contributed by atoms with E-state index in [0.717, 1.165) is 12.7 Å². The van der Waals surface area contributed by atoms with Crippen LogP contribution in [0.4, 0.5) is 0 Å². The first-order valence-corrected chi connectivity index (χ1v) is 8.51. The number of allylic oxidation sites excluding steroid dienone is 3. The molecule has 0 atom stereocenters. The summed E-state index contributed by atoms with van der Waals surface area (Å²) in [6.45, 7) is 6.20. The van der Waals surface area contributed by atoms with E-state index in [1.165, 1.54) is 6.20 Å². The van der Waals surface area contributed by atoms with Gasteiger partial charge in [0.25, 0.3) is 10.1 Å². The minimum Gasteiger partial charge on any atom is -0.273 e. The van der Waals surface area contributed by atoms with E-state index in [1.54, 1.807) is 17.0 Å². The maximum atomic E-state index is 11.2. The lowest BCUT2D eigenvalue weighted by molar-refractivity contribution is -0.447. The number of rotatable bonds is 8. The molecule has 0 aliphatic heterocycles. The Morgan fingerprint density at radius 1 is 1.45 bits per heavy atom. The summed E-state index contributed by atoms with van der Waals surface area (Å²) < 4.78 is 28.4. The third-order valence-electron chi connectivity index (χ3n) is 2.79. The van der Waals surface area contributed by atoms with Crippen LogP contribution in [0.2, 0.25) is 5.15 Å². The second-order valence-electron chi connectivity index (χ2n) is 4.38. The molecule has 0 N–H and O–H groups in total. The zero-order valence-electron chi connectivity index (χ0n) is 12.6. The van der Waals surface area contributed by atoms with Crippen LogP contribution in [0.5, 0.6) is 0 Å². The fourth-order valence-electron chi connectivity index (χ4n) is 1.58. The first kappa shape index (κ1) is 18.5. The summed E-state index contributed by atoms with van der Waals surface area (Å²) in [5, 5.41) is 0.335. The van der Waals surface area contributed by atoms with Crippen molar-refractivity contribution in [2.24, 2.45) is 0 Å². The minimum atomic E-state index is -3.42. The molecule has 6 nitrogen and oxygen atoms in total. The molecule has 120 valence electrons. The first-order chi connectivity index (χ1) is 10.4. The number of halogens is 1. The summed E-state index contributed by atoms with van der Waals surface area (Å²) in [5.41, 5.74) is 1.56. The minimum absolute atomic E-state index is 0.0392. The van der Waals surface area contributed by atoms with Crippen molar-refractivity contribution in [3.8, 4) is 0 Å². The van der Waals surface area contributed by atoms with Gasteiger partial charge in [-0.05, 0) is 6.92 Å². The van der Waals surface area contributed by atoms with Crippen molar-refractivity contribution < 1.29 is 17.2 Å². The van der Waals surface area contributed by atoms with Gasteiger partial charge in [-0.1, -0.05) is 17.7 Å². The van der Waals surface area contributed by atoms with Crippen molar-refractivity contribution in [3.05, 3.63) is 41.6 Å². The SMILES string of the molecule is C=[N+](/C=C\C(=C/C)c1cnc(Cl)cn1)CCCS(=O)(=O)OC. The molecule has 0 saturated carbocycles. The molecular weight excluding hydrogens is 326 g/mol. The molecule has 1 heterocycles. The molecule has 0 saturated heterocycles. The fourth-order valence-corrected chi connectivity index (χ4v) is 2.33. The Hall–Kier alpha value is -1.57. The highest BCUT2D eigenvalue weighted by Gasteiger charge is 2.09. The van der Waals surface area contributed by atoms with Crippen molar-refractivity contribution in [2.75, 3.05) is 19.4 Å². The summed E-state index contributed by atoms with van der Waals surface area (Å²) in [6, 6.07) is 0. The highest BCUT2D eigenvalue weighted by molar-refractivity contribution is 7.86. The Bertz CT molecular complexity index is 667. The molecule has 1 rings (SSSR count). The lowest BCUT2D eigenvalue weighted by Crippen LogP contribution is -2.13. The third kappa shape index (κ3) is 6.46. The predicted molar refractivity (Wildman–Crippen MR) is 87.5 cm³/mol. The van der Waals surface area contributed by atoms with Crippen LogP contribution >= 0.6 is 11.6 Å². The number of nitrogens with zero attached hydrogens (tertiary/aromatic N) is 3. The molecular formula is C14H19ClN3O3S+. The summed E-state index contributed by atoms with van der Waals surface area (Å²) in [5.74, 6) is -0.0392. The Labute approximate surface area is 135 Å². The van der Waals surface area contributed by atoms with Crippen molar-refractivity contribution in [3.63, 3.8) is 0 Å². The van der Waals surface area contributed by atoms with Crippen LogP contribution in [-0.2, 0) is 14.3 Å². The number of aromatic nitrogens is 2. The Morgan fingerprint density at radius 2 is 2.18 bits per heavy atom. The Morgan fingerprint density at radius 3 is 2.73 bits per heavy atom. The average molecular weight is 345 g/mol. The molecule has 0 radical (unpaired) electrons. The van der Waals surface area contributed by atoms with Gasteiger partial charge in [0.1, 0.15) is 18.4 Å². The molecule has 0 aliphatic rings. The van der Waals surface area contributed by atoms with Gasteiger partial charge in [0.2, 0.25) is 0 Å². The van der Waals surface area contributed by atoms with Crippen LogP contribution in [-0.4, -0.2) is 49.1 Å². The van der Waals surface area contributed by atoms with Crippen LogP contribution in [0.15, 0.2) is 30.7 Å². The molecule has 1 aromatic rings. The van der Waals surface area contributed by atoms with E-state index in [4.69, 9.17) is 11.6 Å². The first-order valence-electron chi connectivity index (χ1n) is 6.56. The second-order valence-corrected chi connectivity index (χ2v) is 6.62. The predicted octanol–water partition coefficient (Wildman–Crippen LogP) is 2.13. The lowest BCUT2D eigenvalue weighted by Gasteiger charge is -2.01. The van der Waals surface area contributed by atoms with E-state index < -0.39 is 10.1 Å². The second kappa shape index (κ2) is 8.77. The van der Waals surface area contributed by atoms with Crippen LogP contribution in [0, 0.1) is 0 Å². The van der Waals surface area contributed by atoms with Gasteiger partial charge in [0, 0.05) is 18.1 Å². The Kier molecular flexibility index (Phi) is 7.37. The van der Waals surface area contributed by atoms with Gasteiger partial charge in [-0.3, -0.25) is 9.17 Å². The highest BCUT2D eigenvalue weighted by atomic mass is 35.5. The maximum absolute atomic E-state index is 11.2. The van der Waals surface area contributed by atoms with Crippen LogP contribution in [0.3, 0.4) is 0 Å². The lowest BCUT2D eigenvalue weighted by atomic mass is 10.2. The molecule has 8 heteroatoms. The van der Waals surface area contributed by atoms with Crippen LogP contribution in [0.25, 0.3) is 5.57 Å². The average Bonchev–Trinajstić information content (AvgIpc) is 2.49. The molecule has 0 aromatic carbocycles. The molecule has 1 aromatic heterocycles. The van der Waals surface area contributed by atoms with Gasteiger partial charge in [-0.2, -0.15) is 8.42 Å². The molecule has 0 aliphatic carbocycles. The molecule has 22 heavy (non-hydrogen) atoms. The molecule has 0 fully saturated rings. The van der Waals surface area contributed by atoms with Crippen LogP contribution in [0.1, 0.15) is 19.0 Å². The van der Waals surface area contributed by atoms with Gasteiger partial charge < -0.3 is 0 Å². The van der Waals surface area contributed by atoms with E-state index >= 15 is 0 Å². The van der Waals surface area contributed by atoms with Crippen molar-refractivity contribution >= 4 is 34.0 Å². The smallest absolute Gasteiger partial charge is 0.267 e. The maximum Gasteiger partial charge on any atom is 0.267 e. The van der Waals surface area contributed by atoms with Gasteiger partial charge in [0.15, 0.2) is 6.20 Å². The van der Waals surface area contributed by atoms with Crippen molar-refractivity contribution in [1.29, 1.82) is 0 Å². The van der Waals surface area contributed by atoms with Crippen LogP contribution < -0.4 is 0 Å². The van der Waals surface area contributed by atoms with Gasteiger partial charge in [-0.15, -0.1) is 0 Å². The summed E-state index contributed by atoms with van der Waals surface area (Å²) in [7, 11) is -2.26. The number of hydrogen-bond donors (Lipinski definition) is 0. The summed E-state index contributed by atoms with van der Waals surface area (Å²) >= 11 is 5.70. The fraction of sp³-hybridized carbons (Fsp3) is 0.357. The van der Waals surface area contributed by atoms with Gasteiger partial charge in [-0.25, -0.2) is 9.56 Å². The molecule has 0 amide bonds. The molecule has 0 bridgehead atoms.